The van der Waals surface area contributed by atoms with Gasteiger partial charge in [0.25, 0.3) is 11.9 Å². The third kappa shape index (κ3) is 2.84. The van der Waals surface area contributed by atoms with Crippen molar-refractivity contribution >= 4 is 11.9 Å². The first kappa shape index (κ1) is 12.9. The molecule has 0 aliphatic carbocycles. The molecule has 0 atom stereocenters. The summed E-state index contributed by atoms with van der Waals surface area (Å²) in [6.45, 7) is 0. The third-order valence-electron chi connectivity index (χ3n) is 2.09. The second kappa shape index (κ2) is 5.42. The summed E-state index contributed by atoms with van der Waals surface area (Å²) in [5, 5.41) is 3.47. The average molecular weight is 270 g/mol. The summed E-state index contributed by atoms with van der Waals surface area (Å²) in [5.41, 5.74) is 1.43. The van der Waals surface area contributed by atoms with Crippen LogP contribution in [0, 0.1) is 23.5 Å². The maximum atomic E-state index is 13.2. The number of hydrogen-bond donors (Lipinski definition) is 1. The number of hydrogen-bond acceptors (Lipinski definition) is 4. The Morgan fingerprint density at radius 3 is 2.16 bits per heavy atom. The van der Waals surface area contributed by atoms with Crippen molar-refractivity contribution in [3.63, 3.8) is 0 Å². The van der Waals surface area contributed by atoms with E-state index in [1.165, 1.54) is 18.6 Å². The Hall–Kier alpha value is -2.51. The number of anilines is 1. The lowest BCUT2D eigenvalue weighted by atomic mass is 10.3. The van der Waals surface area contributed by atoms with Gasteiger partial charge in [0, 0.05) is 12.4 Å². The Bertz CT molecular complexity index is 590. The van der Waals surface area contributed by atoms with E-state index in [1.807, 2.05) is 5.43 Å². The largest absolute Gasteiger partial charge is 0.272 e. The summed E-state index contributed by atoms with van der Waals surface area (Å²) >= 11 is 0. The maximum absolute atomic E-state index is 13.2. The summed E-state index contributed by atoms with van der Waals surface area (Å²) < 4.78 is 51.9. The van der Waals surface area contributed by atoms with Gasteiger partial charge in [-0.15, -0.1) is 0 Å². The minimum absolute atomic E-state index is 0.582. The zero-order chi connectivity index (χ0) is 13.8. The van der Waals surface area contributed by atoms with E-state index >= 15 is 0 Å². The monoisotopic (exact) mass is 270 g/mol. The maximum Gasteiger partial charge on any atom is 0.254 e. The summed E-state index contributed by atoms with van der Waals surface area (Å²) in [5.74, 6) is -6.79. The molecule has 0 saturated heterocycles. The number of nitrogens with one attached hydrogen (secondary N) is 1. The van der Waals surface area contributed by atoms with Crippen LogP contribution in [0.15, 0.2) is 29.6 Å². The molecule has 0 aliphatic heterocycles. The normalized spacial score (nSPS) is 10.9. The van der Waals surface area contributed by atoms with Gasteiger partial charge in [-0.1, -0.05) is 0 Å². The Balaban J connectivity index is 2.23. The quantitative estimate of drug-likeness (QED) is 0.403. The predicted molar refractivity (Wildman–Crippen MR) is 59.5 cm³/mol. The molecule has 2 aromatic rings. The van der Waals surface area contributed by atoms with Gasteiger partial charge in [-0.3, -0.25) is 10.4 Å². The number of rotatable bonds is 3. The van der Waals surface area contributed by atoms with Crippen LogP contribution in [0.4, 0.5) is 23.2 Å². The van der Waals surface area contributed by atoms with Crippen LogP contribution in [-0.2, 0) is 0 Å². The Morgan fingerprint density at radius 2 is 1.58 bits per heavy atom. The first-order chi connectivity index (χ1) is 9.09. The van der Waals surface area contributed by atoms with E-state index in [4.69, 9.17) is 0 Å². The Kier molecular flexibility index (Phi) is 3.69. The van der Waals surface area contributed by atoms with Crippen molar-refractivity contribution in [1.82, 2.24) is 9.97 Å². The average Bonchev–Trinajstić information content (AvgIpc) is 2.42. The van der Waals surface area contributed by atoms with Crippen LogP contribution in [-0.4, -0.2) is 16.2 Å². The second-order valence-corrected chi connectivity index (χ2v) is 3.35. The fraction of sp³-hybridized carbons (Fsp3) is 0. The SMILES string of the molecule is Fc1nc(F)c(F)c(N/N=C/c2ccncc2)c1F. The molecular formula is C11H6F4N4. The van der Waals surface area contributed by atoms with Gasteiger partial charge in [0.1, 0.15) is 5.69 Å². The van der Waals surface area contributed by atoms with E-state index in [0.29, 0.717) is 5.56 Å². The molecule has 98 valence electrons. The lowest BCUT2D eigenvalue weighted by molar-refractivity contribution is 0.411. The zero-order valence-electron chi connectivity index (χ0n) is 9.24. The van der Waals surface area contributed by atoms with Gasteiger partial charge in [-0.2, -0.15) is 27.6 Å². The fourth-order valence-electron chi connectivity index (χ4n) is 1.21. The first-order valence-electron chi connectivity index (χ1n) is 4.98. The lowest BCUT2D eigenvalue weighted by Crippen LogP contribution is -2.05. The van der Waals surface area contributed by atoms with E-state index in [0.717, 1.165) is 0 Å². The van der Waals surface area contributed by atoms with Crippen molar-refractivity contribution in [2.24, 2.45) is 5.10 Å². The van der Waals surface area contributed by atoms with E-state index in [2.05, 4.69) is 15.1 Å². The molecule has 2 heterocycles. The summed E-state index contributed by atoms with van der Waals surface area (Å²) in [4.78, 5) is 6.17. The summed E-state index contributed by atoms with van der Waals surface area (Å²) in [6, 6.07) is 3.15. The fourth-order valence-corrected chi connectivity index (χ4v) is 1.21. The van der Waals surface area contributed by atoms with Crippen molar-refractivity contribution in [2.75, 3.05) is 5.43 Å². The molecule has 0 bridgehead atoms. The molecule has 2 rings (SSSR count). The minimum Gasteiger partial charge on any atom is -0.272 e. The van der Waals surface area contributed by atoms with Crippen LogP contribution >= 0.6 is 0 Å². The van der Waals surface area contributed by atoms with Crippen LogP contribution in [0.5, 0.6) is 0 Å². The van der Waals surface area contributed by atoms with Crippen LogP contribution in [0.1, 0.15) is 5.56 Å². The van der Waals surface area contributed by atoms with E-state index in [9.17, 15) is 17.6 Å². The lowest BCUT2D eigenvalue weighted by Gasteiger charge is -2.04. The minimum atomic E-state index is -1.75. The van der Waals surface area contributed by atoms with Crippen LogP contribution in [0.3, 0.4) is 0 Å². The molecule has 0 unspecified atom stereocenters. The molecular weight excluding hydrogens is 264 g/mol. The van der Waals surface area contributed by atoms with E-state index < -0.39 is 29.2 Å². The van der Waals surface area contributed by atoms with Crippen LogP contribution in [0.2, 0.25) is 0 Å². The highest BCUT2D eigenvalue weighted by Gasteiger charge is 2.20. The van der Waals surface area contributed by atoms with Crippen LogP contribution in [0.25, 0.3) is 0 Å². The number of hydrazone groups is 1. The van der Waals surface area contributed by atoms with Gasteiger partial charge in [0.2, 0.25) is 11.6 Å². The third-order valence-corrected chi connectivity index (χ3v) is 2.09. The van der Waals surface area contributed by atoms with Crippen LogP contribution < -0.4 is 5.43 Å². The van der Waals surface area contributed by atoms with Crippen molar-refractivity contribution in [2.45, 2.75) is 0 Å². The van der Waals surface area contributed by atoms with Gasteiger partial charge in [0.05, 0.1) is 6.21 Å². The van der Waals surface area contributed by atoms with E-state index in [1.54, 1.807) is 12.1 Å². The Morgan fingerprint density at radius 1 is 1.00 bits per heavy atom. The molecule has 0 radical (unpaired) electrons. The molecule has 19 heavy (non-hydrogen) atoms. The highest BCUT2D eigenvalue weighted by atomic mass is 19.2. The number of pyridine rings is 2. The summed E-state index contributed by atoms with van der Waals surface area (Å²) in [7, 11) is 0. The second-order valence-electron chi connectivity index (χ2n) is 3.35. The highest BCUT2D eigenvalue weighted by Crippen LogP contribution is 2.21. The molecule has 0 fully saturated rings. The van der Waals surface area contributed by atoms with Gasteiger partial charge < -0.3 is 0 Å². The zero-order valence-corrected chi connectivity index (χ0v) is 9.24. The highest BCUT2D eigenvalue weighted by molar-refractivity contribution is 5.79. The van der Waals surface area contributed by atoms with Crippen molar-refractivity contribution in [3.05, 3.63) is 53.6 Å². The topological polar surface area (TPSA) is 50.2 Å². The van der Waals surface area contributed by atoms with E-state index in [-0.39, 0.29) is 0 Å². The van der Waals surface area contributed by atoms with Crippen molar-refractivity contribution < 1.29 is 17.6 Å². The first-order valence-corrected chi connectivity index (χ1v) is 4.98. The number of halogens is 4. The number of aromatic nitrogens is 2. The van der Waals surface area contributed by atoms with Gasteiger partial charge in [-0.25, -0.2) is 0 Å². The predicted octanol–water partition coefficient (Wildman–Crippen LogP) is 2.48. The van der Waals surface area contributed by atoms with Crippen molar-refractivity contribution in [3.8, 4) is 0 Å². The summed E-state index contributed by atoms with van der Waals surface area (Å²) in [6.07, 6.45) is 4.17. The molecule has 0 aliphatic rings. The standard InChI is InChI=1S/C11H6F4N4/c12-7-9(8(13)11(15)18-10(7)14)19-17-5-6-1-3-16-4-2-6/h1-5H,(H,18,19)/b17-5+. The molecule has 4 nitrogen and oxygen atoms in total. The van der Waals surface area contributed by atoms with Gasteiger partial charge >= 0.3 is 0 Å². The number of nitrogens with zero attached hydrogens (tertiary/aromatic N) is 3. The van der Waals surface area contributed by atoms with Gasteiger partial charge in [0.15, 0.2) is 0 Å². The molecule has 0 aromatic carbocycles. The molecule has 0 saturated carbocycles. The smallest absolute Gasteiger partial charge is 0.254 e. The van der Waals surface area contributed by atoms with Crippen molar-refractivity contribution in [1.29, 1.82) is 0 Å². The molecule has 8 heteroatoms. The molecule has 2 aromatic heterocycles. The molecule has 0 amide bonds. The Labute approximate surface area is 104 Å². The van der Waals surface area contributed by atoms with Gasteiger partial charge in [-0.05, 0) is 17.7 Å². The molecule has 1 N–H and O–H groups in total. The molecule has 0 spiro atoms.